The minimum absolute atomic E-state index is 0.178. The molecule has 1 N–H and O–H groups in total. The van der Waals surface area contributed by atoms with Crippen LogP contribution in [-0.4, -0.2) is 17.3 Å². The summed E-state index contributed by atoms with van der Waals surface area (Å²) in [5.41, 5.74) is 4.18. The fourth-order valence-corrected chi connectivity index (χ4v) is 2.66. The zero-order chi connectivity index (χ0) is 12.3. The van der Waals surface area contributed by atoms with Crippen LogP contribution in [0.2, 0.25) is 0 Å². The number of rotatable bonds is 5. The second kappa shape index (κ2) is 5.60. The molecular weight excluding hydrogens is 253 g/mol. The van der Waals surface area contributed by atoms with Gasteiger partial charge in [-0.15, -0.1) is 23.2 Å². The van der Waals surface area contributed by atoms with E-state index in [1.807, 2.05) is 0 Å². The Morgan fingerprint density at radius 1 is 1.18 bits per heavy atom. The third kappa shape index (κ3) is 3.15. The van der Waals surface area contributed by atoms with Crippen LogP contribution < -0.4 is 5.32 Å². The molecule has 1 aromatic rings. The van der Waals surface area contributed by atoms with Crippen LogP contribution in [0.1, 0.15) is 30.0 Å². The minimum Gasteiger partial charge on any atom is -0.305 e. The summed E-state index contributed by atoms with van der Waals surface area (Å²) in [6.45, 7) is 2.89. The Hall–Kier alpha value is -0.240. The van der Waals surface area contributed by atoms with Crippen molar-refractivity contribution in [1.29, 1.82) is 0 Å². The number of hydrogen-bond donors (Lipinski definition) is 1. The molecular formula is C14H19Cl2N. The van der Waals surface area contributed by atoms with Crippen LogP contribution in [-0.2, 0) is 19.4 Å². The van der Waals surface area contributed by atoms with E-state index in [9.17, 15) is 0 Å². The van der Waals surface area contributed by atoms with E-state index < -0.39 is 0 Å². The first-order valence-corrected chi connectivity index (χ1v) is 7.21. The molecule has 2 rings (SSSR count). The van der Waals surface area contributed by atoms with Crippen LogP contribution in [0.15, 0.2) is 18.2 Å². The van der Waals surface area contributed by atoms with Gasteiger partial charge in [-0.1, -0.05) is 18.2 Å². The average molecular weight is 272 g/mol. The quantitative estimate of drug-likeness (QED) is 0.809. The number of aryl methyl sites for hydroxylation is 2. The smallest absolute Gasteiger partial charge is 0.0427 e. The van der Waals surface area contributed by atoms with E-state index >= 15 is 0 Å². The summed E-state index contributed by atoms with van der Waals surface area (Å²) < 4.78 is 0. The van der Waals surface area contributed by atoms with E-state index in [4.69, 9.17) is 23.2 Å². The van der Waals surface area contributed by atoms with E-state index in [1.54, 1.807) is 0 Å². The molecule has 0 saturated heterocycles. The maximum atomic E-state index is 5.92. The molecule has 1 aliphatic carbocycles. The van der Waals surface area contributed by atoms with Crippen molar-refractivity contribution >= 4 is 23.2 Å². The maximum absolute atomic E-state index is 5.92. The highest BCUT2D eigenvalue weighted by Gasteiger charge is 2.21. The van der Waals surface area contributed by atoms with E-state index in [-0.39, 0.29) is 5.54 Å². The third-order valence-corrected chi connectivity index (χ3v) is 4.65. The maximum Gasteiger partial charge on any atom is 0.0427 e. The molecule has 0 heterocycles. The van der Waals surface area contributed by atoms with Crippen molar-refractivity contribution < 1.29 is 0 Å². The van der Waals surface area contributed by atoms with Crippen LogP contribution in [0, 0.1) is 0 Å². The molecule has 0 atom stereocenters. The summed E-state index contributed by atoms with van der Waals surface area (Å²) in [6.07, 6.45) is 3.77. The molecule has 0 amide bonds. The molecule has 0 fully saturated rings. The van der Waals surface area contributed by atoms with Gasteiger partial charge in [0.1, 0.15) is 0 Å². The number of benzene rings is 1. The van der Waals surface area contributed by atoms with Crippen molar-refractivity contribution in [1.82, 2.24) is 5.32 Å². The Bertz CT molecular complexity index is 386. The van der Waals surface area contributed by atoms with Gasteiger partial charge in [-0.25, -0.2) is 0 Å². The lowest BCUT2D eigenvalue weighted by Gasteiger charge is -2.26. The van der Waals surface area contributed by atoms with Crippen molar-refractivity contribution in [3.63, 3.8) is 0 Å². The molecule has 94 valence electrons. The minimum atomic E-state index is -0.178. The molecule has 0 bridgehead atoms. The Morgan fingerprint density at radius 3 is 2.59 bits per heavy atom. The zero-order valence-corrected chi connectivity index (χ0v) is 11.7. The molecule has 0 radical (unpaired) electrons. The van der Waals surface area contributed by atoms with Crippen molar-refractivity contribution in [2.75, 3.05) is 11.8 Å². The molecule has 3 heteroatoms. The largest absolute Gasteiger partial charge is 0.305 e. The monoisotopic (exact) mass is 271 g/mol. The lowest BCUT2D eigenvalue weighted by atomic mass is 10.0. The topological polar surface area (TPSA) is 12.0 Å². The van der Waals surface area contributed by atoms with Gasteiger partial charge in [0.05, 0.1) is 0 Å². The van der Waals surface area contributed by atoms with Gasteiger partial charge < -0.3 is 5.32 Å². The number of nitrogens with one attached hydrogen (secondary N) is 1. The van der Waals surface area contributed by atoms with Crippen molar-refractivity contribution in [3.05, 3.63) is 34.9 Å². The highest BCUT2D eigenvalue weighted by Crippen LogP contribution is 2.23. The lowest BCUT2D eigenvalue weighted by Crippen LogP contribution is -2.45. The Kier molecular flexibility index (Phi) is 4.35. The van der Waals surface area contributed by atoms with E-state index in [2.05, 4.69) is 30.4 Å². The molecule has 0 aromatic heterocycles. The zero-order valence-electron chi connectivity index (χ0n) is 10.2. The third-order valence-electron chi connectivity index (χ3n) is 3.47. The average Bonchev–Trinajstić information content (AvgIpc) is 2.83. The Labute approximate surface area is 114 Å². The molecule has 17 heavy (non-hydrogen) atoms. The number of fused-ring (bicyclic) bond motifs is 1. The van der Waals surface area contributed by atoms with Gasteiger partial charge in [-0.3, -0.25) is 0 Å². The highest BCUT2D eigenvalue weighted by molar-refractivity contribution is 6.22. The fraction of sp³-hybridized carbons (Fsp3) is 0.571. The fourth-order valence-electron chi connectivity index (χ4n) is 2.18. The molecule has 0 saturated carbocycles. The summed E-state index contributed by atoms with van der Waals surface area (Å²) in [7, 11) is 0. The van der Waals surface area contributed by atoms with Crippen LogP contribution in [0.5, 0.6) is 0 Å². The van der Waals surface area contributed by atoms with Crippen molar-refractivity contribution in [2.24, 2.45) is 0 Å². The van der Waals surface area contributed by atoms with E-state index in [0.29, 0.717) is 11.8 Å². The first-order valence-electron chi connectivity index (χ1n) is 6.14. The second-order valence-corrected chi connectivity index (χ2v) is 5.67. The number of halogens is 2. The summed E-state index contributed by atoms with van der Waals surface area (Å²) in [4.78, 5) is 0. The van der Waals surface area contributed by atoms with Crippen LogP contribution >= 0.6 is 23.2 Å². The van der Waals surface area contributed by atoms with Gasteiger partial charge in [0, 0.05) is 23.8 Å². The van der Waals surface area contributed by atoms with E-state index in [1.165, 1.54) is 36.0 Å². The SMILES string of the molecule is CC(CCl)(CCl)NCc1ccc2c(c1)CCC2. The summed E-state index contributed by atoms with van der Waals surface area (Å²) in [5, 5.41) is 3.44. The van der Waals surface area contributed by atoms with Gasteiger partial charge in [-0.05, 0) is 42.9 Å². The van der Waals surface area contributed by atoms with Gasteiger partial charge in [0.25, 0.3) is 0 Å². The van der Waals surface area contributed by atoms with E-state index in [0.717, 1.165) is 6.54 Å². The normalized spacial score (nSPS) is 15.0. The Balaban J connectivity index is 2.00. The summed E-state index contributed by atoms with van der Waals surface area (Å²) >= 11 is 11.8. The van der Waals surface area contributed by atoms with Gasteiger partial charge >= 0.3 is 0 Å². The first kappa shape index (κ1) is 13.2. The van der Waals surface area contributed by atoms with Crippen LogP contribution in [0.3, 0.4) is 0 Å². The number of hydrogen-bond acceptors (Lipinski definition) is 1. The lowest BCUT2D eigenvalue weighted by molar-refractivity contribution is 0.435. The van der Waals surface area contributed by atoms with Crippen molar-refractivity contribution in [2.45, 2.75) is 38.3 Å². The molecule has 0 spiro atoms. The first-order chi connectivity index (χ1) is 8.17. The molecule has 1 nitrogen and oxygen atoms in total. The van der Waals surface area contributed by atoms with Crippen LogP contribution in [0.4, 0.5) is 0 Å². The molecule has 0 aliphatic heterocycles. The predicted molar refractivity (Wildman–Crippen MR) is 75.2 cm³/mol. The van der Waals surface area contributed by atoms with Crippen molar-refractivity contribution in [3.8, 4) is 0 Å². The van der Waals surface area contributed by atoms with Gasteiger partial charge in [-0.2, -0.15) is 0 Å². The summed E-state index contributed by atoms with van der Waals surface area (Å²) in [5.74, 6) is 1.06. The van der Waals surface area contributed by atoms with Crippen LogP contribution in [0.25, 0.3) is 0 Å². The Morgan fingerprint density at radius 2 is 1.88 bits per heavy atom. The molecule has 1 aliphatic rings. The van der Waals surface area contributed by atoms with Gasteiger partial charge in [0.15, 0.2) is 0 Å². The standard InChI is InChI=1S/C14H19Cl2N/c1-14(9-15,10-16)17-8-11-5-6-12-3-2-4-13(12)7-11/h5-7,17H,2-4,8-10H2,1H3. The van der Waals surface area contributed by atoms with Gasteiger partial charge in [0.2, 0.25) is 0 Å². The second-order valence-electron chi connectivity index (χ2n) is 5.14. The highest BCUT2D eigenvalue weighted by atomic mass is 35.5. The molecule has 1 aromatic carbocycles. The predicted octanol–water partition coefficient (Wildman–Crippen LogP) is 3.50. The summed E-state index contributed by atoms with van der Waals surface area (Å²) in [6, 6.07) is 6.79. The number of alkyl halides is 2. The molecule has 0 unspecified atom stereocenters.